The standard InChI is InChI=1S/C20H25O3S.BrH.Hg/c1-15-8-11-18(12-9-15)24(23)14-20(22)16(2)19(21)13-10-17-6-4-3-5-7-17;;/h3-9,11-12,16,19-22H,2,10,13-14H2,1H3;1H;/q;;+1/p-1/t16-,19-,20-,24-;;/m1../s1. The van der Waals surface area contributed by atoms with E-state index >= 15 is 0 Å². The maximum absolute atomic E-state index is 12.6. The number of hydrogen-bond donors (Lipinski definition) is 2. The van der Waals surface area contributed by atoms with Crippen molar-refractivity contribution in [2.45, 2.75) is 40.8 Å². The van der Waals surface area contributed by atoms with Gasteiger partial charge in [-0.3, -0.25) is 0 Å². The zero-order chi connectivity index (χ0) is 18.9. The third-order valence-electron chi connectivity index (χ3n) is 4.61. The SMILES string of the molecule is Cc1ccc([S@](=O)C[C@@H](O)[C@H]([CH2][Hg][Br])[C@H](O)CCc2ccccc2)cc1. The molecule has 0 fully saturated rings. The van der Waals surface area contributed by atoms with E-state index in [1.165, 1.54) is 5.56 Å². The van der Waals surface area contributed by atoms with Gasteiger partial charge < -0.3 is 0 Å². The quantitative estimate of drug-likeness (QED) is 0.394. The van der Waals surface area contributed by atoms with Gasteiger partial charge in [0.15, 0.2) is 0 Å². The first-order chi connectivity index (χ1) is 12.5. The van der Waals surface area contributed by atoms with Crippen LogP contribution in [0.3, 0.4) is 0 Å². The van der Waals surface area contributed by atoms with E-state index in [0.29, 0.717) is 6.42 Å². The number of aliphatic hydroxyl groups is 2. The molecule has 26 heavy (non-hydrogen) atoms. The first-order valence-corrected chi connectivity index (χ1v) is 26.0. The molecule has 2 aromatic carbocycles. The van der Waals surface area contributed by atoms with Crippen molar-refractivity contribution in [1.82, 2.24) is 0 Å². The molecule has 0 bridgehead atoms. The van der Waals surface area contributed by atoms with Crippen LogP contribution in [0.5, 0.6) is 0 Å². The van der Waals surface area contributed by atoms with Gasteiger partial charge in [-0.05, 0) is 0 Å². The van der Waals surface area contributed by atoms with Crippen LogP contribution in [0.1, 0.15) is 17.5 Å². The van der Waals surface area contributed by atoms with E-state index < -0.39 is 45.2 Å². The molecule has 0 saturated carbocycles. The maximum atomic E-state index is 12.6. The van der Waals surface area contributed by atoms with E-state index in [0.717, 1.165) is 20.8 Å². The fraction of sp³-hybridized carbons (Fsp3) is 0.400. The third-order valence-corrected chi connectivity index (χ3v) is 13.5. The Labute approximate surface area is 176 Å². The van der Waals surface area contributed by atoms with Crippen LogP contribution in [0.15, 0.2) is 59.5 Å². The summed E-state index contributed by atoms with van der Waals surface area (Å²) >= 11 is 2.40. The van der Waals surface area contributed by atoms with Crippen LogP contribution < -0.4 is 0 Å². The molecule has 0 unspecified atom stereocenters. The minimum absolute atomic E-state index is 0.178. The van der Waals surface area contributed by atoms with E-state index in [-0.39, 0.29) is 11.7 Å². The van der Waals surface area contributed by atoms with E-state index in [2.05, 4.69) is 24.0 Å². The Balaban J connectivity index is 1.95. The Morgan fingerprint density at radius 2 is 1.69 bits per heavy atom. The molecular weight excluding hydrogens is 601 g/mol. The van der Waals surface area contributed by atoms with Gasteiger partial charge in [0.1, 0.15) is 0 Å². The van der Waals surface area contributed by atoms with Gasteiger partial charge in [0.2, 0.25) is 0 Å². The van der Waals surface area contributed by atoms with Crippen LogP contribution in [0.2, 0.25) is 3.93 Å². The van der Waals surface area contributed by atoms with Gasteiger partial charge in [0, 0.05) is 0 Å². The predicted molar refractivity (Wildman–Crippen MR) is 106 cm³/mol. The van der Waals surface area contributed by atoms with Crippen molar-refractivity contribution in [3.8, 4) is 0 Å². The normalized spacial score (nSPS) is 15.7. The van der Waals surface area contributed by atoms with Gasteiger partial charge in [0.05, 0.1) is 0 Å². The second kappa shape index (κ2) is 11.7. The number of aliphatic hydroxyl groups excluding tert-OH is 2. The van der Waals surface area contributed by atoms with Crippen molar-refractivity contribution in [3.05, 3.63) is 65.7 Å². The summed E-state index contributed by atoms with van der Waals surface area (Å²) in [5, 5.41) is 21.3. The average Bonchev–Trinajstić information content (AvgIpc) is 2.65. The Kier molecular flexibility index (Phi) is 9.99. The molecule has 3 nitrogen and oxygen atoms in total. The summed E-state index contributed by atoms with van der Waals surface area (Å²) in [5.41, 5.74) is 2.31. The molecule has 0 aliphatic carbocycles. The molecule has 0 aromatic heterocycles. The second-order valence-corrected chi connectivity index (χ2v) is 18.8. The Bertz CT molecular complexity index is 681. The van der Waals surface area contributed by atoms with Crippen molar-refractivity contribution < 1.29 is 36.6 Å². The van der Waals surface area contributed by atoms with E-state index in [4.69, 9.17) is 0 Å². The van der Waals surface area contributed by atoms with Crippen LogP contribution in [0, 0.1) is 12.8 Å². The first-order valence-electron chi connectivity index (χ1n) is 8.92. The van der Waals surface area contributed by atoms with Crippen molar-refractivity contribution >= 4 is 22.7 Å². The van der Waals surface area contributed by atoms with Crippen LogP contribution in [0.25, 0.3) is 0 Å². The summed E-state index contributed by atoms with van der Waals surface area (Å²) in [6, 6.07) is 17.6. The molecule has 0 spiro atoms. The van der Waals surface area contributed by atoms with E-state index in [1.807, 2.05) is 49.4 Å². The van der Waals surface area contributed by atoms with Gasteiger partial charge in [-0.25, -0.2) is 0 Å². The predicted octanol–water partition coefficient (Wildman–Crippen LogP) is 3.88. The zero-order valence-electron chi connectivity index (χ0n) is 15.1. The van der Waals surface area contributed by atoms with Crippen LogP contribution in [-0.2, 0) is 39.4 Å². The Morgan fingerprint density at radius 3 is 2.31 bits per heavy atom. The van der Waals surface area contributed by atoms with Crippen molar-refractivity contribution in [2.24, 2.45) is 5.92 Å². The summed E-state index contributed by atoms with van der Waals surface area (Å²) in [5.74, 6) is -0.0223. The molecule has 2 rings (SSSR count). The van der Waals surface area contributed by atoms with Crippen LogP contribution in [0.4, 0.5) is 0 Å². The monoisotopic (exact) mass is 626 g/mol. The van der Waals surface area contributed by atoms with Crippen molar-refractivity contribution in [2.75, 3.05) is 5.75 Å². The number of halogens is 1. The average molecular weight is 626 g/mol. The topological polar surface area (TPSA) is 57.5 Å². The van der Waals surface area contributed by atoms with Crippen molar-refractivity contribution in [1.29, 1.82) is 0 Å². The Morgan fingerprint density at radius 1 is 1.04 bits per heavy atom. The molecule has 4 atom stereocenters. The molecule has 138 valence electrons. The second-order valence-electron chi connectivity index (χ2n) is 6.63. The summed E-state index contributed by atoms with van der Waals surface area (Å²) in [6.07, 6.45) is 0.0769. The van der Waals surface area contributed by atoms with Gasteiger partial charge in [0.25, 0.3) is 0 Å². The van der Waals surface area contributed by atoms with Gasteiger partial charge >= 0.3 is 177 Å². The molecule has 0 heterocycles. The fourth-order valence-electron chi connectivity index (χ4n) is 3.01. The molecule has 2 N–H and O–H groups in total. The summed E-state index contributed by atoms with van der Waals surface area (Å²) in [6.45, 7) is 1.99. The Hall–Kier alpha value is -0.0749. The molecule has 0 aliphatic heterocycles. The summed E-state index contributed by atoms with van der Waals surface area (Å²) < 4.78 is 13.4. The molecule has 0 radical (unpaired) electrons. The molecule has 6 heteroatoms. The molecular formula is C20H25BrHgO3S. The van der Waals surface area contributed by atoms with E-state index in [1.54, 1.807) is 0 Å². The molecule has 0 saturated heterocycles. The summed E-state index contributed by atoms with van der Waals surface area (Å²) in [7, 11) is -1.25. The van der Waals surface area contributed by atoms with E-state index in [9.17, 15) is 14.4 Å². The van der Waals surface area contributed by atoms with Gasteiger partial charge in [-0.2, -0.15) is 0 Å². The number of aryl methyl sites for hydroxylation is 2. The number of hydrogen-bond acceptors (Lipinski definition) is 3. The van der Waals surface area contributed by atoms with Crippen LogP contribution in [-0.4, -0.2) is 32.4 Å². The number of benzene rings is 2. The third kappa shape index (κ3) is 7.15. The first kappa shape index (κ1) is 22.2. The minimum atomic E-state index is -1.25. The number of rotatable bonds is 10. The zero-order valence-corrected chi connectivity index (χ0v) is 23.0. The molecule has 2 aromatic rings. The van der Waals surface area contributed by atoms with Gasteiger partial charge in [-0.1, -0.05) is 0 Å². The fourth-order valence-corrected chi connectivity index (χ4v) is 12.8. The summed E-state index contributed by atoms with van der Waals surface area (Å²) in [4.78, 5) is 0.732. The van der Waals surface area contributed by atoms with Gasteiger partial charge in [-0.15, -0.1) is 0 Å². The molecule has 0 aliphatic rings. The van der Waals surface area contributed by atoms with Crippen LogP contribution >= 0.6 is 11.9 Å². The van der Waals surface area contributed by atoms with Crippen molar-refractivity contribution in [3.63, 3.8) is 0 Å². The molecule has 0 amide bonds.